The third kappa shape index (κ3) is 2.43. The van der Waals surface area contributed by atoms with Gasteiger partial charge in [-0.2, -0.15) is 4.98 Å². The van der Waals surface area contributed by atoms with Gasteiger partial charge in [-0.1, -0.05) is 17.7 Å². The Hall–Kier alpha value is -1.85. The van der Waals surface area contributed by atoms with Gasteiger partial charge < -0.3 is 10.2 Å². The fourth-order valence-electron chi connectivity index (χ4n) is 2.36. The maximum absolute atomic E-state index is 12.3. The van der Waals surface area contributed by atoms with Crippen molar-refractivity contribution in [1.82, 2.24) is 14.9 Å². The van der Waals surface area contributed by atoms with Crippen LogP contribution < -0.4 is 5.32 Å². The molecule has 1 aliphatic heterocycles. The van der Waals surface area contributed by atoms with E-state index in [9.17, 15) is 4.79 Å². The lowest BCUT2D eigenvalue weighted by atomic mass is 10.0. The van der Waals surface area contributed by atoms with Crippen LogP contribution in [0.3, 0.4) is 0 Å². The van der Waals surface area contributed by atoms with Crippen LogP contribution in [0.5, 0.6) is 0 Å². The third-order valence-corrected chi connectivity index (χ3v) is 3.93. The highest BCUT2D eigenvalue weighted by Crippen LogP contribution is 2.33. The van der Waals surface area contributed by atoms with Gasteiger partial charge in [0.15, 0.2) is 5.82 Å². The zero-order valence-electron chi connectivity index (χ0n) is 11.4. The lowest BCUT2D eigenvalue weighted by Crippen LogP contribution is -2.18. The monoisotopic (exact) mass is 322 g/mol. The van der Waals surface area contributed by atoms with Gasteiger partial charge in [-0.25, -0.2) is 4.98 Å². The van der Waals surface area contributed by atoms with Crippen molar-refractivity contribution in [3.8, 4) is 0 Å². The second-order valence-corrected chi connectivity index (χ2v) is 5.65. The normalized spacial score (nSPS) is 13.5. The molecule has 21 heavy (non-hydrogen) atoms. The molecule has 0 spiro atoms. The standard InChI is InChI=1S/C14H12Cl2N4O/c1-7-3-4-10(11-8(7)6-20(2)13(11)21)18-12-9(15)5-17-14(16)19-12/h3-5H,6H2,1-2H3,(H,17,18,19). The van der Waals surface area contributed by atoms with Crippen molar-refractivity contribution in [3.63, 3.8) is 0 Å². The molecular weight excluding hydrogens is 311 g/mol. The van der Waals surface area contributed by atoms with Crippen molar-refractivity contribution < 1.29 is 4.79 Å². The number of aromatic nitrogens is 2. The Morgan fingerprint density at radius 3 is 2.86 bits per heavy atom. The molecule has 2 aromatic rings. The number of amides is 1. The predicted octanol–water partition coefficient (Wildman–Crippen LogP) is 3.42. The molecule has 0 atom stereocenters. The Bertz CT molecular complexity index is 748. The van der Waals surface area contributed by atoms with E-state index in [1.807, 2.05) is 19.1 Å². The number of benzene rings is 1. The quantitative estimate of drug-likeness (QED) is 0.861. The van der Waals surface area contributed by atoms with Crippen LogP contribution in [-0.4, -0.2) is 27.8 Å². The zero-order chi connectivity index (χ0) is 15.1. The Kier molecular flexibility index (Phi) is 3.47. The van der Waals surface area contributed by atoms with E-state index in [4.69, 9.17) is 23.2 Å². The first-order valence-electron chi connectivity index (χ1n) is 6.30. The molecule has 0 radical (unpaired) electrons. The number of fused-ring (bicyclic) bond motifs is 1. The summed E-state index contributed by atoms with van der Waals surface area (Å²) in [7, 11) is 1.78. The fraction of sp³-hybridized carbons (Fsp3) is 0.214. The molecule has 1 aliphatic rings. The molecule has 108 valence electrons. The first-order chi connectivity index (χ1) is 9.97. The first kappa shape index (κ1) is 14.1. The number of anilines is 2. The van der Waals surface area contributed by atoms with Gasteiger partial charge in [0.05, 0.1) is 17.4 Å². The lowest BCUT2D eigenvalue weighted by Gasteiger charge is -2.12. The van der Waals surface area contributed by atoms with Gasteiger partial charge in [-0.15, -0.1) is 0 Å². The van der Waals surface area contributed by atoms with E-state index in [2.05, 4.69) is 15.3 Å². The molecule has 1 aromatic heterocycles. The molecule has 0 aliphatic carbocycles. The van der Waals surface area contributed by atoms with Gasteiger partial charge in [0.25, 0.3) is 5.91 Å². The molecule has 1 N–H and O–H groups in total. The van der Waals surface area contributed by atoms with Gasteiger partial charge in [0, 0.05) is 13.6 Å². The van der Waals surface area contributed by atoms with Gasteiger partial charge in [0.2, 0.25) is 5.28 Å². The van der Waals surface area contributed by atoms with E-state index in [-0.39, 0.29) is 11.2 Å². The summed E-state index contributed by atoms with van der Waals surface area (Å²) in [4.78, 5) is 21.8. The Morgan fingerprint density at radius 1 is 1.33 bits per heavy atom. The Morgan fingerprint density at radius 2 is 2.10 bits per heavy atom. The SMILES string of the molecule is Cc1ccc(Nc2nc(Cl)ncc2Cl)c2c1CN(C)C2=O. The molecule has 0 saturated carbocycles. The van der Waals surface area contributed by atoms with Gasteiger partial charge in [-0.3, -0.25) is 4.79 Å². The molecule has 1 aromatic carbocycles. The Labute approximate surface area is 131 Å². The van der Waals surface area contributed by atoms with Crippen LogP contribution in [0.2, 0.25) is 10.3 Å². The summed E-state index contributed by atoms with van der Waals surface area (Å²) in [5.41, 5.74) is 3.42. The van der Waals surface area contributed by atoms with Crippen LogP contribution in [0.15, 0.2) is 18.3 Å². The maximum Gasteiger partial charge on any atom is 0.256 e. The van der Waals surface area contributed by atoms with Gasteiger partial charge >= 0.3 is 0 Å². The van der Waals surface area contributed by atoms with E-state index in [1.165, 1.54) is 6.20 Å². The van der Waals surface area contributed by atoms with Crippen LogP contribution >= 0.6 is 23.2 Å². The molecule has 2 heterocycles. The summed E-state index contributed by atoms with van der Waals surface area (Å²) < 4.78 is 0. The van der Waals surface area contributed by atoms with Crippen molar-refractivity contribution in [2.45, 2.75) is 13.5 Å². The maximum atomic E-state index is 12.3. The number of hydrogen-bond acceptors (Lipinski definition) is 4. The van der Waals surface area contributed by atoms with Crippen molar-refractivity contribution >= 4 is 40.6 Å². The van der Waals surface area contributed by atoms with Crippen LogP contribution in [-0.2, 0) is 6.54 Å². The predicted molar refractivity (Wildman–Crippen MR) is 82.3 cm³/mol. The molecular formula is C14H12Cl2N4O. The molecule has 0 fully saturated rings. The summed E-state index contributed by atoms with van der Waals surface area (Å²) in [5.74, 6) is 0.359. The highest BCUT2D eigenvalue weighted by molar-refractivity contribution is 6.33. The summed E-state index contributed by atoms with van der Waals surface area (Å²) in [6.45, 7) is 2.59. The number of aryl methyl sites for hydroxylation is 1. The van der Waals surface area contributed by atoms with Crippen molar-refractivity contribution in [3.05, 3.63) is 45.3 Å². The van der Waals surface area contributed by atoms with E-state index < -0.39 is 0 Å². The molecule has 0 unspecified atom stereocenters. The van der Waals surface area contributed by atoms with Gasteiger partial charge in [-0.05, 0) is 35.7 Å². The van der Waals surface area contributed by atoms with Crippen LogP contribution in [0, 0.1) is 6.92 Å². The summed E-state index contributed by atoms with van der Waals surface area (Å²) in [5, 5.41) is 3.51. The second-order valence-electron chi connectivity index (χ2n) is 4.91. The third-order valence-electron chi connectivity index (χ3n) is 3.47. The molecule has 0 bridgehead atoms. The Balaban J connectivity index is 2.07. The number of rotatable bonds is 2. The minimum absolute atomic E-state index is 0.0209. The molecule has 0 saturated heterocycles. The number of carbonyl (C=O) groups excluding carboxylic acids is 1. The highest BCUT2D eigenvalue weighted by atomic mass is 35.5. The average Bonchev–Trinajstić information content (AvgIpc) is 2.75. The number of nitrogens with one attached hydrogen (secondary N) is 1. The lowest BCUT2D eigenvalue weighted by molar-refractivity contribution is 0.0817. The van der Waals surface area contributed by atoms with Crippen molar-refractivity contribution in [2.75, 3.05) is 12.4 Å². The van der Waals surface area contributed by atoms with Crippen LogP contribution in [0.25, 0.3) is 0 Å². The van der Waals surface area contributed by atoms with Gasteiger partial charge in [0.1, 0.15) is 5.02 Å². The fourth-order valence-corrected chi connectivity index (χ4v) is 2.64. The summed E-state index contributed by atoms with van der Waals surface area (Å²) in [6.07, 6.45) is 1.42. The largest absolute Gasteiger partial charge is 0.338 e. The molecule has 5 nitrogen and oxygen atoms in total. The van der Waals surface area contributed by atoms with Crippen LogP contribution in [0.4, 0.5) is 11.5 Å². The summed E-state index contributed by atoms with van der Waals surface area (Å²) >= 11 is 11.8. The minimum Gasteiger partial charge on any atom is -0.338 e. The summed E-state index contributed by atoms with van der Waals surface area (Å²) in [6, 6.07) is 3.81. The highest BCUT2D eigenvalue weighted by Gasteiger charge is 2.29. The van der Waals surface area contributed by atoms with E-state index >= 15 is 0 Å². The van der Waals surface area contributed by atoms with Crippen molar-refractivity contribution in [1.29, 1.82) is 0 Å². The topological polar surface area (TPSA) is 58.1 Å². The number of halogens is 2. The molecule has 1 amide bonds. The van der Waals surface area contributed by atoms with E-state index in [0.717, 1.165) is 11.1 Å². The minimum atomic E-state index is -0.0209. The number of nitrogens with zero attached hydrogens (tertiary/aromatic N) is 3. The second kappa shape index (κ2) is 5.16. The number of hydrogen-bond donors (Lipinski definition) is 1. The smallest absolute Gasteiger partial charge is 0.256 e. The van der Waals surface area contributed by atoms with E-state index in [1.54, 1.807) is 11.9 Å². The molecule has 7 heteroatoms. The van der Waals surface area contributed by atoms with E-state index in [0.29, 0.717) is 28.6 Å². The number of carbonyl (C=O) groups is 1. The zero-order valence-corrected chi connectivity index (χ0v) is 13.0. The molecule has 3 rings (SSSR count). The average molecular weight is 323 g/mol. The van der Waals surface area contributed by atoms with Crippen molar-refractivity contribution in [2.24, 2.45) is 0 Å². The van der Waals surface area contributed by atoms with Crippen LogP contribution in [0.1, 0.15) is 21.5 Å². The first-order valence-corrected chi connectivity index (χ1v) is 7.06.